The number of hydrogen-bond acceptors (Lipinski definition) is 4. The number of amides is 1. The van der Waals surface area contributed by atoms with Crippen LogP contribution in [0.4, 0.5) is 5.69 Å². The molecule has 0 fully saturated rings. The van der Waals surface area contributed by atoms with Crippen molar-refractivity contribution in [2.45, 2.75) is 27.7 Å². The van der Waals surface area contributed by atoms with Gasteiger partial charge in [-0.2, -0.15) is 5.10 Å². The van der Waals surface area contributed by atoms with Gasteiger partial charge in [0.2, 0.25) is 0 Å². The topological polar surface area (TPSA) is 64.9 Å². The van der Waals surface area contributed by atoms with Crippen molar-refractivity contribution in [2.24, 2.45) is 5.10 Å². The zero-order valence-corrected chi connectivity index (χ0v) is 15.2. The molecule has 0 heterocycles. The van der Waals surface area contributed by atoms with Gasteiger partial charge in [0.05, 0.1) is 6.21 Å². The summed E-state index contributed by atoms with van der Waals surface area (Å²) in [5.74, 6) is -0.137. The molecule has 0 aromatic heterocycles. The molecule has 0 bridgehead atoms. The summed E-state index contributed by atoms with van der Waals surface area (Å²) in [6.45, 7) is 9.75. The lowest BCUT2D eigenvalue weighted by molar-refractivity contribution is 0.0954. The maximum Gasteiger partial charge on any atom is 0.271 e. The van der Waals surface area contributed by atoms with E-state index in [0.29, 0.717) is 11.1 Å². The van der Waals surface area contributed by atoms with E-state index in [1.807, 2.05) is 32.0 Å². The van der Waals surface area contributed by atoms with Crippen LogP contribution in [0.5, 0.6) is 5.75 Å². The number of aryl methyl sites for hydroxylation is 2. The van der Waals surface area contributed by atoms with Crippen LogP contribution in [0, 0.1) is 13.8 Å². The Morgan fingerprint density at radius 3 is 2.48 bits per heavy atom. The number of anilines is 1. The third-order valence-corrected chi connectivity index (χ3v) is 4.14. The zero-order chi connectivity index (χ0) is 18.4. The fourth-order valence-corrected chi connectivity index (χ4v) is 2.72. The van der Waals surface area contributed by atoms with E-state index in [2.05, 4.69) is 29.3 Å². The smallest absolute Gasteiger partial charge is 0.271 e. The third kappa shape index (κ3) is 4.59. The van der Waals surface area contributed by atoms with Crippen molar-refractivity contribution in [3.8, 4) is 5.75 Å². The zero-order valence-electron chi connectivity index (χ0n) is 15.2. The lowest BCUT2D eigenvalue weighted by Gasteiger charge is -2.21. The molecule has 2 rings (SSSR count). The van der Waals surface area contributed by atoms with Crippen LogP contribution in [0.3, 0.4) is 0 Å². The highest BCUT2D eigenvalue weighted by Crippen LogP contribution is 2.23. The number of carbonyl (C=O) groups is 1. The van der Waals surface area contributed by atoms with Gasteiger partial charge in [-0.1, -0.05) is 17.7 Å². The van der Waals surface area contributed by atoms with Gasteiger partial charge in [-0.3, -0.25) is 4.79 Å². The maximum atomic E-state index is 12.2. The number of phenols is 1. The van der Waals surface area contributed by atoms with E-state index in [4.69, 9.17) is 0 Å². The molecule has 1 amide bonds. The van der Waals surface area contributed by atoms with Crippen molar-refractivity contribution >= 4 is 17.8 Å². The lowest BCUT2D eigenvalue weighted by Crippen LogP contribution is -2.21. The molecule has 0 spiro atoms. The highest BCUT2D eigenvalue weighted by molar-refractivity contribution is 5.96. The van der Waals surface area contributed by atoms with E-state index in [0.717, 1.165) is 29.9 Å². The molecular formula is C20H25N3O2. The van der Waals surface area contributed by atoms with Gasteiger partial charge in [0.15, 0.2) is 0 Å². The second-order valence-corrected chi connectivity index (χ2v) is 5.93. The summed E-state index contributed by atoms with van der Waals surface area (Å²) in [5, 5.41) is 14.1. The lowest BCUT2D eigenvalue weighted by atomic mass is 10.1. The van der Waals surface area contributed by atoms with Crippen LogP contribution in [0.2, 0.25) is 0 Å². The highest BCUT2D eigenvalue weighted by Gasteiger charge is 2.08. The number of phenolic OH excluding ortho intramolecular Hbond substituents is 1. The Hall–Kier alpha value is -2.82. The van der Waals surface area contributed by atoms with E-state index in [1.165, 1.54) is 6.21 Å². The monoisotopic (exact) mass is 339 g/mol. The van der Waals surface area contributed by atoms with Crippen LogP contribution >= 0.6 is 0 Å². The molecule has 2 aromatic rings. The standard InChI is InChI=1S/C20H25N3O2/c1-5-23(6-2)17-9-8-16(19(24)12-17)13-21-22-20(25)18-10-7-14(3)11-15(18)4/h7-13,24H,5-6H2,1-4H3,(H,22,25)/b21-13+. The Labute approximate surface area is 149 Å². The Bertz CT molecular complexity index is 781. The van der Waals surface area contributed by atoms with Gasteiger partial charge in [-0.25, -0.2) is 5.43 Å². The number of carbonyl (C=O) groups excluding carboxylic acids is 1. The van der Waals surface area contributed by atoms with Gasteiger partial charge in [0.1, 0.15) is 5.75 Å². The molecule has 0 saturated heterocycles. The normalized spacial score (nSPS) is 10.9. The largest absolute Gasteiger partial charge is 0.507 e. The second-order valence-electron chi connectivity index (χ2n) is 5.93. The van der Waals surface area contributed by atoms with Crippen molar-refractivity contribution in [3.63, 3.8) is 0 Å². The first-order chi connectivity index (χ1) is 12.0. The van der Waals surface area contributed by atoms with Crippen LogP contribution < -0.4 is 10.3 Å². The first-order valence-electron chi connectivity index (χ1n) is 8.44. The molecule has 0 aliphatic carbocycles. The fourth-order valence-electron chi connectivity index (χ4n) is 2.72. The Morgan fingerprint density at radius 1 is 1.16 bits per heavy atom. The predicted molar refractivity (Wildman–Crippen MR) is 103 cm³/mol. The summed E-state index contributed by atoms with van der Waals surface area (Å²) in [5.41, 5.74) is 6.61. The van der Waals surface area contributed by atoms with Crippen molar-refractivity contribution in [3.05, 3.63) is 58.7 Å². The van der Waals surface area contributed by atoms with Crippen LogP contribution in [-0.2, 0) is 0 Å². The van der Waals surface area contributed by atoms with Crippen molar-refractivity contribution in [1.29, 1.82) is 0 Å². The molecule has 0 aliphatic heterocycles. The minimum Gasteiger partial charge on any atom is -0.507 e. The van der Waals surface area contributed by atoms with Crippen molar-refractivity contribution in [2.75, 3.05) is 18.0 Å². The minimum absolute atomic E-state index is 0.133. The van der Waals surface area contributed by atoms with Crippen LogP contribution in [0.25, 0.3) is 0 Å². The SMILES string of the molecule is CCN(CC)c1ccc(/C=N/NC(=O)c2ccc(C)cc2C)c(O)c1. The van der Waals surface area contributed by atoms with E-state index in [9.17, 15) is 9.90 Å². The van der Waals surface area contributed by atoms with Gasteiger partial charge < -0.3 is 10.0 Å². The van der Waals surface area contributed by atoms with Gasteiger partial charge >= 0.3 is 0 Å². The molecule has 25 heavy (non-hydrogen) atoms. The highest BCUT2D eigenvalue weighted by atomic mass is 16.3. The molecule has 0 radical (unpaired) electrons. The summed E-state index contributed by atoms with van der Waals surface area (Å²) in [6.07, 6.45) is 1.45. The summed E-state index contributed by atoms with van der Waals surface area (Å²) >= 11 is 0. The Kier molecular flexibility index (Phi) is 6.17. The van der Waals surface area contributed by atoms with Crippen LogP contribution in [0.1, 0.15) is 40.9 Å². The Balaban J connectivity index is 2.08. The number of nitrogens with one attached hydrogen (secondary N) is 1. The first kappa shape index (κ1) is 18.5. The average molecular weight is 339 g/mol. The maximum absolute atomic E-state index is 12.2. The summed E-state index contributed by atoms with van der Waals surface area (Å²) in [6, 6.07) is 11.1. The molecular weight excluding hydrogens is 314 g/mol. The molecule has 2 N–H and O–H groups in total. The molecule has 0 unspecified atom stereocenters. The number of rotatable bonds is 6. The number of nitrogens with zero attached hydrogens (tertiary/aromatic N) is 2. The van der Waals surface area contributed by atoms with E-state index < -0.39 is 0 Å². The number of hydrogen-bond donors (Lipinski definition) is 2. The van der Waals surface area contributed by atoms with E-state index >= 15 is 0 Å². The molecule has 5 nitrogen and oxygen atoms in total. The first-order valence-corrected chi connectivity index (χ1v) is 8.44. The number of hydrazone groups is 1. The fraction of sp³-hybridized carbons (Fsp3) is 0.300. The molecule has 0 saturated carbocycles. The average Bonchev–Trinajstić information content (AvgIpc) is 2.57. The van der Waals surface area contributed by atoms with Crippen molar-refractivity contribution < 1.29 is 9.90 Å². The van der Waals surface area contributed by atoms with Crippen LogP contribution in [0.15, 0.2) is 41.5 Å². The van der Waals surface area contributed by atoms with Gasteiger partial charge in [-0.05, 0) is 51.5 Å². The van der Waals surface area contributed by atoms with E-state index in [-0.39, 0.29) is 11.7 Å². The number of benzene rings is 2. The summed E-state index contributed by atoms with van der Waals surface area (Å²) in [4.78, 5) is 14.3. The molecule has 5 heteroatoms. The summed E-state index contributed by atoms with van der Waals surface area (Å²) in [7, 11) is 0. The van der Waals surface area contributed by atoms with Crippen LogP contribution in [-0.4, -0.2) is 30.3 Å². The van der Waals surface area contributed by atoms with Gasteiger partial charge in [0, 0.05) is 36.0 Å². The third-order valence-electron chi connectivity index (χ3n) is 4.14. The second kappa shape index (κ2) is 8.33. The van der Waals surface area contributed by atoms with Gasteiger partial charge in [0.25, 0.3) is 5.91 Å². The van der Waals surface area contributed by atoms with Crippen molar-refractivity contribution in [1.82, 2.24) is 5.43 Å². The number of aromatic hydroxyl groups is 1. The molecule has 0 aliphatic rings. The van der Waals surface area contributed by atoms with E-state index in [1.54, 1.807) is 18.2 Å². The molecule has 2 aromatic carbocycles. The van der Waals surface area contributed by atoms with Gasteiger partial charge in [-0.15, -0.1) is 0 Å². The molecule has 0 atom stereocenters. The summed E-state index contributed by atoms with van der Waals surface area (Å²) < 4.78 is 0. The predicted octanol–water partition coefficient (Wildman–Crippen LogP) is 3.62. The molecule has 132 valence electrons. The quantitative estimate of drug-likeness (QED) is 0.624. The Morgan fingerprint density at radius 2 is 1.88 bits per heavy atom. The minimum atomic E-state index is -0.270.